The Morgan fingerprint density at radius 1 is 1.25 bits per heavy atom. The average molecular weight is 200 g/mol. The number of hydrogen-bond donors (Lipinski definition) is 0. The molecule has 0 heterocycles. The molecule has 0 N–H and O–H groups in total. The molecule has 1 nitrogen and oxygen atoms in total. The van der Waals surface area contributed by atoms with Gasteiger partial charge < -0.3 is 0 Å². The number of aryl methyl sites for hydroxylation is 1. The molecule has 0 saturated carbocycles. The Morgan fingerprint density at radius 3 is 2.58 bits per heavy atom. The number of benzene rings is 1. The molecule has 0 atom stereocenters. The van der Waals surface area contributed by atoms with Crippen molar-refractivity contribution in [3.05, 3.63) is 33.8 Å². The van der Waals surface area contributed by atoms with Crippen molar-refractivity contribution in [2.45, 2.75) is 12.8 Å². The molecule has 0 spiro atoms. The van der Waals surface area contributed by atoms with Crippen molar-refractivity contribution in [2.24, 2.45) is 0 Å². The lowest BCUT2D eigenvalue weighted by molar-refractivity contribution is 1.01. The van der Waals surface area contributed by atoms with Crippen LogP contribution in [0.3, 0.4) is 0 Å². The van der Waals surface area contributed by atoms with Gasteiger partial charge in [0.05, 0.1) is 16.1 Å². The minimum absolute atomic E-state index is 0.512. The zero-order valence-electron chi connectivity index (χ0n) is 6.35. The van der Waals surface area contributed by atoms with Gasteiger partial charge in [0.1, 0.15) is 0 Å². The number of nitrogens with zero attached hydrogens (tertiary/aromatic N) is 1. The van der Waals surface area contributed by atoms with E-state index in [-0.39, 0.29) is 0 Å². The van der Waals surface area contributed by atoms with Crippen LogP contribution in [0.15, 0.2) is 18.2 Å². The first-order valence-corrected chi connectivity index (χ1v) is 4.30. The van der Waals surface area contributed by atoms with Crippen LogP contribution in [-0.2, 0) is 6.42 Å². The summed E-state index contributed by atoms with van der Waals surface area (Å²) in [4.78, 5) is 0. The summed E-state index contributed by atoms with van der Waals surface area (Å²) in [5.74, 6) is 0. The van der Waals surface area contributed by atoms with Gasteiger partial charge in [-0.3, -0.25) is 0 Å². The van der Waals surface area contributed by atoms with Gasteiger partial charge in [-0.2, -0.15) is 5.26 Å². The highest BCUT2D eigenvalue weighted by Gasteiger charge is 1.98. The van der Waals surface area contributed by atoms with Crippen LogP contribution in [0.5, 0.6) is 0 Å². The molecule has 0 amide bonds. The summed E-state index contributed by atoms with van der Waals surface area (Å²) in [6, 6.07) is 7.49. The smallest absolute Gasteiger partial charge is 0.0625 e. The third-order valence-corrected chi connectivity index (χ3v) is 2.25. The molecule has 3 heteroatoms. The van der Waals surface area contributed by atoms with Gasteiger partial charge in [0.25, 0.3) is 0 Å². The van der Waals surface area contributed by atoms with Gasteiger partial charge in [-0.25, -0.2) is 0 Å². The van der Waals surface area contributed by atoms with Crippen LogP contribution in [-0.4, -0.2) is 0 Å². The second kappa shape index (κ2) is 4.35. The number of nitriles is 1. The molecule has 0 saturated heterocycles. The maximum atomic E-state index is 8.34. The average Bonchev–Trinajstić information content (AvgIpc) is 2.07. The van der Waals surface area contributed by atoms with Gasteiger partial charge in [0.15, 0.2) is 0 Å². The Morgan fingerprint density at radius 2 is 2.00 bits per heavy atom. The van der Waals surface area contributed by atoms with Gasteiger partial charge in [-0.15, -0.1) is 0 Å². The zero-order valence-corrected chi connectivity index (χ0v) is 7.86. The molecule has 0 fully saturated rings. The Labute approximate surface area is 81.5 Å². The molecular weight excluding hydrogens is 193 g/mol. The molecule has 1 rings (SSSR count). The van der Waals surface area contributed by atoms with Crippen LogP contribution in [0.4, 0.5) is 0 Å². The van der Waals surface area contributed by atoms with E-state index >= 15 is 0 Å². The van der Waals surface area contributed by atoms with Gasteiger partial charge in [0.2, 0.25) is 0 Å². The molecule has 0 bridgehead atoms. The van der Waals surface area contributed by atoms with Crippen molar-refractivity contribution < 1.29 is 0 Å². The Hall–Kier alpha value is -0.710. The van der Waals surface area contributed by atoms with E-state index in [4.69, 9.17) is 28.5 Å². The van der Waals surface area contributed by atoms with Crippen LogP contribution in [0.1, 0.15) is 12.0 Å². The van der Waals surface area contributed by atoms with Gasteiger partial charge >= 0.3 is 0 Å². The zero-order chi connectivity index (χ0) is 8.97. The molecule has 0 unspecified atom stereocenters. The van der Waals surface area contributed by atoms with Crippen molar-refractivity contribution in [2.75, 3.05) is 0 Å². The Balaban J connectivity index is 2.77. The van der Waals surface area contributed by atoms with E-state index in [1.54, 1.807) is 12.1 Å². The van der Waals surface area contributed by atoms with E-state index in [1.807, 2.05) is 6.07 Å². The van der Waals surface area contributed by atoms with E-state index in [2.05, 4.69) is 6.07 Å². The van der Waals surface area contributed by atoms with Crippen LogP contribution >= 0.6 is 23.2 Å². The molecule has 1 aromatic rings. The van der Waals surface area contributed by atoms with E-state index in [0.717, 1.165) is 12.0 Å². The van der Waals surface area contributed by atoms with Crippen molar-refractivity contribution in [3.63, 3.8) is 0 Å². The Kier molecular flexibility index (Phi) is 3.40. The van der Waals surface area contributed by atoms with Gasteiger partial charge in [-0.05, 0) is 24.1 Å². The first-order valence-electron chi connectivity index (χ1n) is 3.55. The third kappa shape index (κ3) is 2.41. The normalized spacial score (nSPS) is 9.42. The highest BCUT2D eigenvalue weighted by Crippen LogP contribution is 2.22. The van der Waals surface area contributed by atoms with Crippen LogP contribution < -0.4 is 0 Å². The van der Waals surface area contributed by atoms with Crippen LogP contribution in [0.2, 0.25) is 10.0 Å². The minimum atomic E-state index is 0.512. The number of hydrogen-bond acceptors (Lipinski definition) is 1. The first kappa shape index (κ1) is 9.38. The summed E-state index contributed by atoms with van der Waals surface area (Å²) in [5, 5.41) is 9.44. The molecular formula is C9H7Cl2N. The fourth-order valence-electron chi connectivity index (χ4n) is 0.895. The van der Waals surface area contributed by atoms with Gasteiger partial charge in [-0.1, -0.05) is 29.3 Å². The Bertz CT molecular complexity index is 315. The molecule has 12 heavy (non-hydrogen) atoms. The van der Waals surface area contributed by atoms with Crippen LogP contribution in [0, 0.1) is 11.3 Å². The second-order valence-corrected chi connectivity index (χ2v) is 3.22. The van der Waals surface area contributed by atoms with Crippen molar-refractivity contribution >= 4 is 23.2 Å². The monoisotopic (exact) mass is 199 g/mol. The summed E-state index contributed by atoms with van der Waals surface area (Å²) < 4.78 is 0. The highest BCUT2D eigenvalue weighted by molar-refractivity contribution is 6.42. The summed E-state index contributed by atoms with van der Waals surface area (Å²) in [7, 11) is 0. The predicted molar refractivity (Wildman–Crippen MR) is 50.4 cm³/mol. The van der Waals surface area contributed by atoms with Crippen molar-refractivity contribution in [1.29, 1.82) is 5.26 Å². The second-order valence-electron chi connectivity index (χ2n) is 2.41. The number of rotatable bonds is 2. The molecule has 0 aliphatic carbocycles. The minimum Gasteiger partial charge on any atom is -0.198 e. The van der Waals surface area contributed by atoms with Crippen molar-refractivity contribution in [1.82, 2.24) is 0 Å². The number of halogens is 2. The van der Waals surface area contributed by atoms with Crippen molar-refractivity contribution in [3.8, 4) is 6.07 Å². The topological polar surface area (TPSA) is 23.8 Å². The van der Waals surface area contributed by atoms with E-state index in [0.29, 0.717) is 16.5 Å². The maximum Gasteiger partial charge on any atom is 0.0625 e. The summed E-state index contributed by atoms with van der Waals surface area (Å²) in [5.41, 5.74) is 1.05. The lowest BCUT2D eigenvalue weighted by Crippen LogP contribution is -1.83. The van der Waals surface area contributed by atoms with E-state index in [9.17, 15) is 0 Å². The molecule has 0 aliphatic rings. The summed E-state index contributed by atoms with van der Waals surface area (Å²) >= 11 is 11.5. The molecule has 62 valence electrons. The molecule has 1 aromatic carbocycles. The molecule has 0 aliphatic heterocycles. The van der Waals surface area contributed by atoms with E-state index < -0.39 is 0 Å². The van der Waals surface area contributed by atoms with Crippen LogP contribution in [0.25, 0.3) is 0 Å². The lowest BCUT2D eigenvalue weighted by atomic mass is 10.1. The lowest BCUT2D eigenvalue weighted by Gasteiger charge is -1.99. The summed E-state index contributed by atoms with van der Waals surface area (Å²) in [6.07, 6.45) is 1.24. The van der Waals surface area contributed by atoms with Gasteiger partial charge in [0, 0.05) is 6.42 Å². The largest absolute Gasteiger partial charge is 0.198 e. The molecule has 0 radical (unpaired) electrons. The quantitative estimate of drug-likeness (QED) is 0.717. The third-order valence-electron chi connectivity index (χ3n) is 1.51. The first-order chi connectivity index (χ1) is 5.74. The highest BCUT2D eigenvalue weighted by atomic mass is 35.5. The summed E-state index contributed by atoms with van der Waals surface area (Å²) in [6.45, 7) is 0. The fraction of sp³-hybridized carbons (Fsp3) is 0.222. The standard InChI is InChI=1S/C9H7Cl2N/c10-8-4-3-7(2-1-5-12)6-9(8)11/h3-4,6H,1-2H2. The molecule has 0 aromatic heterocycles. The SMILES string of the molecule is N#CCCc1ccc(Cl)c(Cl)c1. The van der Waals surface area contributed by atoms with E-state index in [1.165, 1.54) is 0 Å². The maximum absolute atomic E-state index is 8.34. The predicted octanol–water partition coefficient (Wildman–Crippen LogP) is 3.45. The fourth-order valence-corrected chi connectivity index (χ4v) is 1.22.